The van der Waals surface area contributed by atoms with Crippen LogP contribution in [0.1, 0.15) is 13.3 Å². The van der Waals surface area contributed by atoms with Gasteiger partial charge < -0.3 is 15.1 Å². The summed E-state index contributed by atoms with van der Waals surface area (Å²) in [6.07, 6.45) is -0.829. The molecule has 2 atom stereocenters. The van der Waals surface area contributed by atoms with Crippen LogP contribution in [0.5, 0.6) is 0 Å². The number of carboxylic acids is 1. The fourth-order valence-electron chi connectivity index (χ4n) is 2.46. The number of anilines is 1. The summed E-state index contributed by atoms with van der Waals surface area (Å²) < 4.78 is 13.0. The van der Waals surface area contributed by atoms with Crippen LogP contribution < -0.4 is 4.90 Å². The third-order valence-corrected chi connectivity index (χ3v) is 3.50. The monoisotopic (exact) mass is 296 g/mol. The topological polar surface area (TPSA) is 81.1 Å². The second-order valence-corrected chi connectivity index (χ2v) is 4.90. The number of carbonyl (C=O) groups is 2. The van der Waals surface area contributed by atoms with Crippen molar-refractivity contribution in [3.63, 3.8) is 0 Å². The highest BCUT2D eigenvalue weighted by Gasteiger charge is 2.40. The Morgan fingerprint density at radius 3 is 2.52 bits per heavy atom. The van der Waals surface area contributed by atoms with E-state index >= 15 is 0 Å². The van der Waals surface area contributed by atoms with E-state index in [1.165, 1.54) is 29.2 Å². The van der Waals surface area contributed by atoms with Gasteiger partial charge in [-0.2, -0.15) is 0 Å². The number of halogens is 1. The highest BCUT2D eigenvalue weighted by Crippen LogP contribution is 2.23. The highest BCUT2D eigenvalue weighted by atomic mass is 19.1. The molecule has 0 bridgehead atoms. The van der Waals surface area contributed by atoms with Crippen molar-refractivity contribution in [2.75, 3.05) is 18.0 Å². The Balaban J connectivity index is 2.23. The number of β-amino-alcohol motifs (C(OH)–C–C–N with tert-alkyl or cyclic N) is 1. The lowest BCUT2D eigenvalue weighted by molar-refractivity contribution is -0.141. The first kappa shape index (κ1) is 15.2. The van der Waals surface area contributed by atoms with Gasteiger partial charge in [-0.3, -0.25) is 4.90 Å². The molecule has 2 N–H and O–H groups in total. The number of aliphatic hydroxyl groups is 1. The van der Waals surface area contributed by atoms with E-state index in [4.69, 9.17) is 5.11 Å². The normalized spacial score (nSPS) is 21.4. The summed E-state index contributed by atoms with van der Waals surface area (Å²) >= 11 is 0. The SMILES string of the molecule is CCN(C(=O)N1C[C@@H](O)C[C@H]1C(=O)O)c1ccc(F)cc1. The van der Waals surface area contributed by atoms with Crippen LogP contribution in [0, 0.1) is 5.82 Å². The predicted molar refractivity (Wildman–Crippen MR) is 73.6 cm³/mol. The molecule has 0 aromatic heterocycles. The number of likely N-dealkylation sites (tertiary alicyclic amines) is 1. The van der Waals surface area contributed by atoms with Crippen LogP contribution in [0.25, 0.3) is 0 Å². The summed E-state index contributed by atoms with van der Waals surface area (Å²) in [5.41, 5.74) is 0.481. The third-order valence-electron chi connectivity index (χ3n) is 3.50. The molecular weight excluding hydrogens is 279 g/mol. The Morgan fingerprint density at radius 2 is 2.00 bits per heavy atom. The summed E-state index contributed by atoms with van der Waals surface area (Å²) in [4.78, 5) is 26.2. The molecule has 1 heterocycles. The smallest absolute Gasteiger partial charge is 0.326 e. The van der Waals surface area contributed by atoms with Gasteiger partial charge >= 0.3 is 12.0 Å². The number of carbonyl (C=O) groups excluding carboxylic acids is 1. The predicted octanol–water partition coefficient (Wildman–Crippen LogP) is 1.29. The molecule has 21 heavy (non-hydrogen) atoms. The molecule has 0 spiro atoms. The molecule has 0 saturated carbocycles. The average Bonchev–Trinajstić information content (AvgIpc) is 2.84. The van der Waals surface area contributed by atoms with Crippen molar-refractivity contribution in [1.82, 2.24) is 4.90 Å². The largest absolute Gasteiger partial charge is 0.480 e. The highest BCUT2D eigenvalue weighted by molar-refractivity contribution is 5.94. The number of amides is 2. The molecule has 114 valence electrons. The van der Waals surface area contributed by atoms with E-state index in [0.717, 1.165) is 4.90 Å². The molecule has 1 aliphatic rings. The lowest BCUT2D eigenvalue weighted by atomic mass is 10.2. The van der Waals surface area contributed by atoms with Gasteiger partial charge in [-0.15, -0.1) is 0 Å². The second-order valence-electron chi connectivity index (χ2n) is 4.90. The molecule has 7 heteroatoms. The number of benzene rings is 1. The zero-order valence-corrected chi connectivity index (χ0v) is 11.6. The molecule has 0 radical (unpaired) electrons. The minimum atomic E-state index is -1.14. The minimum Gasteiger partial charge on any atom is -0.480 e. The van der Waals surface area contributed by atoms with Crippen molar-refractivity contribution in [1.29, 1.82) is 0 Å². The van der Waals surface area contributed by atoms with Crippen molar-refractivity contribution < 1.29 is 24.2 Å². The van der Waals surface area contributed by atoms with Crippen LogP contribution in [0.4, 0.5) is 14.9 Å². The molecule has 2 rings (SSSR count). The Hall–Kier alpha value is -2.15. The lowest BCUT2D eigenvalue weighted by Crippen LogP contribution is -2.48. The Kier molecular flexibility index (Phi) is 4.42. The van der Waals surface area contributed by atoms with Gasteiger partial charge in [-0.25, -0.2) is 14.0 Å². The molecule has 0 unspecified atom stereocenters. The number of carboxylic acid groups (broad SMARTS) is 1. The van der Waals surface area contributed by atoms with Crippen LogP contribution in [-0.4, -0.2) is 52.3 Å². The standard InChI is InChI=1S/C14H17FN2O4/c1-2-16(10-5-3-9(15)4-6-10)14(21)17-8-11(18)7-12(17)13(19)20/h3-6,11-12,18H,2,7-8H2,1H3,(H,19,20)/t11-,12-/m0/s1. The van der Waals surface area contributed by atoms with E-state index in [-0.39, 0.29) is 13.0 Å². The first-order valence-electron chi connectivity index (χ1n) is 6.68. The number of hydrogen-bond donors (Lipinski definition) is 2. The van der Waals surface area contributed by atoms with Gasteiger partial charge in [0.25, 0.3) is 0 Å². The Morgan fingerprint density at radius 1 is 1.38 bits per heavy atom. The summed E-state index contributed by atoms with van der Waals surface area (Å²) in [6, 6.07) is 3.84. The van der Waals surface area contributed by atoms with Crippen LogP contribution >= 0.6 is 0 Å². The number of aliphatic hydroxyl groups excluding tert-OH is 1. The van der Waals surface area contributed by atoms with E-state index in [1.54, 1.807) is 6.92 Å². The fourth-order valence-corrected chi connectivity index (χ4v) is 2.46. The quantitative estimate of drug-likeness (QED) is 0.880. The van der Waals surface area contributed by atoms with E-state index < -0.39 is 30.0 Å². The first-order valence-corrected chi connectivity index (χ1v) is 6.68. The molecule has 2 amide bonds. The molecule has 0 aliphatic carbocycles. The number of hydrogen-bond acceptors (Lipinski definition) is 3. The molecule has 1 aromatic rings. The molecule has 1 aliphatic heterocycles. The number of nitrogens with zero attached hydrogens (tertiary/aromatic N) is 2. The molecule has 1 saturated heterocycles. The number of aliphatic carboxylic acids is 1. The van der Waals surface area contributed by atoms with E-state index in [9.17, 15) is 19.1 Å². The van der Waals surface area contributed by atoms with Crippen molar-refractivity contribution in [2.24, 2.45) is 0 Å². The van der Waals surface area contributed by atoms with Gasteiger partial charge in [-0.1, -0.05) is 0 Å². The van der Waals surface area contributed by atoms with Crippen LogP contribution in [0.2, 0.25) is 0 Å². The first-order chi connectivity index (χ1) is 9.93. The maximum Gasteiger partial charge on any atom is 0.326 e. The van der Waals surface area contributed by atoms with Gasteiger partial charge in [0.2, 0.25) is 0 Å². The molecule has 6 nitrogen and oxygen atoms in total. The van der Waals surface area contributed by atoms with Gasteiger partial charge in [0.1, 0.15) is 11.9 Å². The van der Waals surface area contributed by atoms with Crippen molar-refractivity contribution in [3.05, 3.63) is 30.1 Å². The van der Waals surface area contributed by atoms with Crippen molar-refractivity contribution >= 4 is 17.7 Å². The van der Waals surface area contributed by atoms with Gasteiger partial charge in [0, 0.05) is 25.2 Å². The summed E-state index contributed by atoms with van der Waals surface area (Å²) in [7, 11) is 0. The number of rotatable bonds is 3. The fraction of sp³-hybridized carbons (Fsp3) is 0.429. The molecule has 1 fully saturated rings. The Bertz CT molecular complexity index is 534. The third kappa shape index (κ3) is 3.13. The zero-order valence-electron chi connectivity index (χ0n) is 11.6. The van der Waals surface area contributed by atoms with Gasteiger partial charge in [0.15, 0.2) is 0 Å². The van der Waals surface area contributed by atoms with E-state index in [1.807, 2.05) is 0 Å². The minimum absolute atomic E-state index is 0.0159. The lowest BCUT2D eigenvalue weighted by Gasteiger charge is -2.29. The van der Waals surface area contributed by atoms with Gasteiger partial charge in [0.05, 0.1) is 6.10 Å². The van der Waals surface area contributed by atoms with Crippen molar-refractivity contribution in [2.45, 2.75) is 25.5 Å². The molecular formula is C14H17FN2O4. The van der Waals surface area contributed by atoms with Crippen LogP contribution in [0.15, 0.2) is 24.3 Å². The summed E-state index contributed by atoms with van der Waals surface area (Å²) in [5.74, 6) is -1.56. The van der Waals surface area contributed by atoms with Crippen LogP contribution in [-0.2, 0) is 4.79 Å². The van der Waals surface area contributed by atoms with Crippen LogP contribution in [0.3, 0.4) is 0 Å². The maximum absolute atomic E-state index is 13.0. The molecule has 1 aromatic carbocycles. The zero-order chi connectivity index (χ0) is 15.6. The maximum atomic E-state index is 13.0. The Labute approximate surface area is 121 Å². The van der Waals surface area contributed by atoms with E-state index in [0.29, 0.717) is 12.2 Å². The van der Waals surface area contributed by atoms with Gasteiger partial charge in [-0.05, 0) is 31.2 Å². The average molecular weight is 296 g/mol. The van der Waals surface area contributed by atoms with E-state index in [2.05, 4.69) is 0 Å². The summed E-state index contributed by atoms with van der Waals surface area (Å²) in [5, 5.41) is 18.7. The summed E-state index contributed by atoms with van der Waals surface area (Å²) in [6.45, 7) is 2.03. The number of urea groups is 1. The second kappa shape index (κ2) is 6.09. The van der Waals surface area contributed by atoms with Crippen molar-refractivity contribution in [3.8, 4) is 0 Å².